The first-order valence-electron chi connectivity index (χ1n) is 46.5. The average Bonchev–Trinajstić information content (AvgIpc) is 1.60. The third-order valence-electron chi connectivity index (χ3n) is 26.8. The molecule has 28 nitrogen and oxygen atoms in total. The predicted octanol–water partition coefficient (Wildman–Crippen LogP) is 24.9. The molecule has 12 aromatic carbocycles. The predicted molar refractivity (Wildman–Crippen MR) is 600 cm³/mol. The van der Waals surface area contributed by atoms with Crippen LogP contribution in [0.25, 0.3) is 123 Å². The van der Waals surface area contributed by atoms with Crippen molar-refractivity contribution in [3.05, 3.63) is 285 Å². The smallest absolute Gasteiger partial charge is 0.495 e. The Morgan fingerprint density at radius 1 is 0.378 bits per heavy atom. The number of ether oxygens (including phenoxy) is 6. The molecule has 143 heavy (non-hydrogen) atoms. The van der Waals surface area contributed by atoms with E-state index in [1.54, 1.807) is 54.6 Å². The lowest BCUT2D eigenvalue weighted by Crippen LogP contribution is -2.41. The summed E-state index contributed by atoms with van der Waals surface area (Å²) in [6.07, 6.45) is 0. The van der Waals surface area contributed by atoms with E-state index in [4.69, 9.17) is 77.1 Å². The molecule has 3 aliphatic heterocycles. The number of nitrogens with two attached hydrogens (primary N) is 1. The summed E-state index contributed by atoms with van der Waals surface area (Å²) in [5.41, 5.74) is 26.6. The fourth-order valence-corrected chi connectivity index (χ4v) is 18.2. The lowest BCUT2D eigenvalue weighted by molar-refractivity contribution is -0.385. The van der Waals surface area contributed by atoms with E-state index in [-0.39, 0.29) is 46.4 Å². The molecule has 34 heteroatoms. The molecule has 0 aliphatic carbocycles. The van der Waals surface area contributed by atoms with Crippen molar-refractivity contribution in [2.24, 2.45) is 14.1 Å². The second-order valence-electron chi connectivity index (χ2n) is 37.5. The van der Waals surface area contributed by atoms with E-state index in [1.165, 1.54) is 25.9 Å². The standard InChI is InChI=1S/C22H17IN4O.C22H18N4O.C15H11IN4.C14H21BO3.C12H24B2O4.C8H9IO.C8H9NO3.C8H11NO/c1-27-18-11-10-13(14-6-5-9-19(28-2)20(14)23)12-15(18)21(26-27)22-24-16-7-3-4-8-17(16)25-22;1-13-15(6-5-9-20(13)27-2)14-10-11-17-16(12-14)21(26-25-17)22-23-18-7-3-4-8-19(18)24-22;1-20-13-7-6-9(16)8-10(13)14(19-20)15-17-11-4-2-3-5-12(11)18-15;1-10-11(8-7-9-12(10)16-6)15-17-13(2,3)14(4,5)18-15;1-9(2)10(3,4)16-13(15-9)14-17-11(5,6)12(7,8)18-14;1-6-7(9)4-3-5-8(6)10-2;1-6-7(9(10)11)4-3-5-8(6)12-2;1-6-7(9)4-3-5-8(6)10-2/h3-12H,1-2H3,(H,24,25);3-12H,1-2H3,(H,23,24)(H,25,26);2-8H,1H3,(H,17,18);7-9H,1-6H3;1-8H3;3-5H,1-2H3;3-5H,1-2H3;3-5H,9H2,1-2H3. The number of hydrogen-bond donors (Lipinski definition) is 5. The Morgan fingerprint density at radius 2 is 0.755 bits per heavy atom. The molecular weight excluding hydrogens is 2140 g/mol. The van der Waals surface area contributed by atoms with Gasteiger partial charge in [0, 0.05) is 60.3 Å². The van der Waals surface area contributed by atoms with Gasteiger partial charge in [0.05, 0.1) is 140 Å². The van der Waals surface area contributed by atoms with Crippen LogP contribution in [-0.4, -0.2) is 162 Å². The number of halogens is 3. The number of rotatable bonds is 14. The Hall–Kier alpha value is -12.4. The highest BCUT2D eigenvalue weighted by Crippen LogP contribution is 2.45. The first-order valence-corrected chi connectivity index (χ1v) is 49.8. The Bertz CT molecular complexity index is 7390. The van der Waals surface area contributed by atoms with Gasteiger partial charge in [0.25, 0.3) is 5.69 Å². The van der Waals surface area contributed by atoms with Crippen LogP contribution in [0.3, 0.4) is 0 Å². The third kappa shape index (κ3) is 23.2. The second-order valence-corrected chi connectivity index (χ2v) is 41.0. The molecule has 6 N–H and O–H groups in total. The number of nitrogen functional groups attached to an aromatic ring is 1. The zero-order valence-corrected chi connectivity index (χ0v) is 91.7. The van der Waals surface area contributed by atoms with Crippen molar-refractivity contribution in [2.45, 2.75) is 151 Å². The van der Waals surface area contributed by atoms with E-state index in [2.05, 4.69) is 217 Å². The molecule has 3 saturated heterocycles. The number of para-hydroxylation sites is 6. The van der Waals surface area contributed by atoms with Gasteiger partial charge in [-0.05, 0) is 352 Å². The molecule has 9 heterocycles. The number of nitrogens with zero attached hydrogens (tertiary/aromatic N) is 9. The number of benzene rings is 12. The number of nitrogens with one attached hydrogen (secondary N) is 4. The van der Waals surface area contributed by atoms with Crippen LogP contribution >= 0.6 is 67.8 Å². The lowest BCUT2D eigenvalue weighted by Gasteiger charge is -2.32. The number of methoxy groups -OCH3 is 6. The molecule has 0 amide bonds. The fraction of sp³-hybridized carbons (Fsp3) is 0.284. The van der Waals surface area contributed by atoms with Crippen LogP contribution in [0.4, 0.5) is 11.4 Å². The van der Waals surface area contributed by atoms with Gasteiger partial charge in [-0.3, -0.25) is 24.6 Å². The number of nitro benzene ring substituents is 1. The van der Waals surface area contributed by atoms with Crippen molar-refractivity contribution in [1.29, 1.82) is 0 Å². The number of H-pyrrole nitrogens is 4. The molecule has 0 spiro atoms. The van der Waals surface area contributed by atoms with Crippen LogP contribution in [0.2, 0.25) is 0 Å². The summed E-state index contributed by atoms with van der Waals surface area (Å²) in [6, 6.07) is 77.7. The van der Waals surface area contributed by atoms with Gasteiger partial charge < -0.3 is 77.0 Å². The van der Waals surface area contributed by atoms with E-state index in [9.17, 15) is 10.1 Å². The molecule has 18 aromatic rings. The van der Waals surface area contributed by atoms with Gasteiger partial charge >= 0.3 is 21.1 Å². The quantitative estimate of drug-likeness (QED) is 0.0222. The van der Waals surface area contributed by atoms with Crippen molar-refractivity contribution in [3.63, 3.8) is 0 Å². The number of aromatic amines is 4. The maximum absolute atomic E-state index is 10.4. The second kappa shape index (κ2) is 44.4. The van der Waals surface area contributed by atoms with Crippen LogP contribution in [0.5, 0.6) is 34.5 Å². The van der Waals surface area contributed by atoms with Crippen molar-refractivity contribution >= 4 is 172 Å². The van der Waals surface area contributed by atoms with Gasteiger partial charge in [0.2, 0.25) is 0 Å². The molecule has 21 rings (SSSR count). The average molecular weight is 2260 g/mol. The summed E-state index contributed by atoms with van der Waals surface area (Å²) in [5, 5.41) is 30.6. The van der Waals surface area contributed by atoms with Crippen LogP contribution in [-0.2, 0) is 42.0 Å². The van der Waals surface area contributed by atoms with E-state index in [0.29, 0.717) is 11.3 Å². The normalized spacial score (nSPS) is 14.8. The monoisotopic (exact) mass is 2260 g/mol. The molecule has 0 saturated carbocycles. The fourth-order valence-electron chi connectivity index (χ4n) is 16.4. The first kappa shape index (κ1) is 106. The molecule has 3 fully saturated rings. The zero-order chi connectivity index (χ0) is 103. The Labute approximate surface area is 875 Å². The van der Waals surface area contributed by atoms with Crippen molar-refractivity contribution < 1.29 is 61.3 Å². The van der Waals surface area contributed by atoms with Crippen molar-refractivity contribution in [1.82, 2.24) is 59.7 Å². The van der Waals surface area contributed by atoms with E-state index in [0.717, 1.165) is 183 Å². The summed E-state index contributed by atoms with van der Waals surface area (Å²) >= 11 is 6.95. The van der Waals surface area contributed by atoms with Gasteiger partial charge in [-0.25, -0.2) is 15.0 Å². The van der Waals surface area contributed by atoms with Gasteiger partial charge in [0.15, 0.2) is 17.5 Å². The minimum atomic E-state index is -0.476. The van der Waals surface area contributed by atoms with Crippen LogP contribution in [0.15, 0.2) is 237 Å². The Morgan fingerprint density at radius 3 is 1.22 bits per heavy atom. The maximum Gasteiger partial charge on any atom is 0.495 e. The molecule has 6 aromatic heterocycles. The summed E-state index contributed by atoms with van der Waals surface area (Å²) < 4.78 is 74.7. The summed E-state index contributed by atoms with van der Waals surface area (Å²) in [7, 11) is 12.5. The van der Waals surface area contributed by atoms with E-state index >= 15 is 0 Å². The minimum absolute atomic E-state index is 0.0920. The van der Waals surface area contributed by atoms with Crippen LogP contribution in [0.1, 0.15) is 111 Å². The first-order chi connectivity index (χ1) is 67.9. The third-order valence-corrected chi connectivity index (χ3v) is 29.8. The minimum Gasteiger partial charge on any atom is -0.497 e. The molecule has 3 aliphatic rings. The molecule has 0 bridgehead atoms. The molecule has 0 unspecified atom stereocenters. The van der Waals surface area contributed by atoms with E-state index < -0.39 is 18.9 Å². The maximum atomic E-state index is 10.4. The number of imidazole rings is 3. The summed E-state index contributed by atoms with van der Waals surface area (Å²) in [5.74, 6) is 7.35. The highest BCUT2D eigenvalue weighted by Gasteiger charge is 2.64. The number of fused-ring (bicyclic) bond motifs is 6. The topological polar surface area (TPSA) is 330 Å². The zero-order valence-electron chi connectivity index (χ0n) is 85.2. The number of hydrogen-bond acceptors (Lipinski definition) is 21. The van der Waals surface area contributed by atoms with Crippen LogP contribution < -0.4 is 39.6 Å². The van der Waals surface area contributed by atoms with Crippen molar-refractivity contribution in [2.75, 3.05) is 48.4 Å². The summed E-state index contributed by atoms with van der Waals surface area (Å²) in [6.45, 7) is 34.2. The Kier molecular flexibility index (Phi) is 33.1. The Balaban J connectivity index is 0.000000133. The van der Waals surface area contributed by atoms with E-state index in [1.807, 2.05) is 238 Å². The van der Waals surface area contributed by atoms with Crippen LogP contribution in [0, 0.1) is 55.4 Å². The number of anilines is 1. The SMILES string of the molecule is CC1(C)OB(B2OC(C)(C)C(C)(C)O2)OC1(C)C.COc1cccc(-c2ccc3[nH]nc(-c4nc5ccccc5[nH]4)c3c2)c1C.COc1cccc(-c2ccc3c(c2)c(-c2nc4ccccc4[nH]2)nn3C)c1I.COc1cccc(B2OC(C)(C)C(C)(C)O2)c1C.COc1cccc(I)c1C.COc1cccc(N)c1C.COc1cccc([N+](=O)[O-])c1C.Cn1nc(-c2nc3ccccc3[nH]2)c2cc(I)ccc21. The molecule has 0 atom stereocenters. The van der Waals surface area contributed by atoms with Gasteiger partial charge in [-0.2, -0.15) is 15.3 Å². The largest absolute Gasteiger partial charge is 0.497 e. The van der Waals surface area contributed by atoms with Gasteiger partial charge in [-0.1, -0.05) is 103 Å². The molecule has 740 valence electrons. The number of nitro groups is 1. The highest BCUT2D eigenvalue weighted by molar-refractivity contribution is 14.1. The number of aromatic nitrogens is 12. The van der Waals surface area contributed by atoms with Gasteiger partial charge in [0.1, 0.15) is 51.6 Å². The molecular formula is C109H120B3I3N14O14. The highest BCUT2D eigenvalue weighted by atomic mass is 127. The summed E-state index contributed by atoms with van der Waals surface area (Å²) in [4.78, 5) is 34.2. The van der Waals surface area contributed by atoms with Gasteiger partial charge in [-0.15, -0.1) is 0 Å². The lowest BCUT2D eigenvalue weighted by atomic mass is 9.49. The number of aryl methyl sites for hydroxylation is 2. The molecule has 0 radical (unpaired) electrons. The van der Waals surface area contributed by atoms with Crippen molar-refractivity contribution in [3.8, 4) is 91.3 Å².